The van der Waals surface area contributed by atoms with Gasteiger partial charge in [0, 0.05) is 42.4 Å². The SMILES string of the molecule is CCOC(=O)c1c(NC(=O)c2cccc(N3C(=O)CCC3=O)c2)sc2c1CCN(C(C)C)C2. The number of ether oxygens (including phenoxy) is 1. The zero-order chi connectivity index (χ0) is 23.7. The predicted octanol–water partition coefficient (Wildman–Crippen LogP) is 3.60. The monoisotopic (exact) mass is 469 g/mol. The first-order valence-corrected chi connectivity index (χ1v) is 11.9. The summed E-state index contributed by atoms with van der Waals surface area (Å²) in [4.78, 5) is 54.5. The Morgan fingerprint density at radius 2 is 1.88 bits per heavy atom. The summed E-state index contributed by atoms with van der Waals surface area (Å²) in [5.74, 6) is -1.41. The van der Waals surface area contributed by atoms with Crippen LogP contribution in [0.2, 0.25) is 0 Å². The minimum Gasteiger partial charge on any atom is -0.462 e. The smallest absolute Gasteiger partial charge is 0.341 e. The number of imide groups is 1. The minimum absolute atomic E-state index is 0.173. The molecule has 174 valence electrons. The van der Waals surface area contributed by atoms with Gasteiger partial charge in [0.2, 0.25) is 11.8 Å². The quantitative estimate of drug-likeness (QED) is 0.513. The van der Waals surface area contributed by atoms with E-state index in [1.165, 1.54) is 17.4 Å². The van der Waals surface area contributed by atoms with Crippen molar-refractivity contribution in [2.45, 2.75) is 52.6 Å². The van der Waals surface area contributed by atoms with Crippen LogP contribution >= 0.6 is 11.3 Å². The van der Waals surface area contributed by atoms with Gasteiger partial charge in [0.1, 0.15) is 5.00 Å². The van der Waals surface area contributed by atoms with E-state index in [9.17, 15) is 19.2 Å². The first-order chi connectivity index (χ1) is 15.8. The molecule has 4 rings (SSSR count). The third-order valence-corrected chi connectivity index (χ3v) is 7.07. The Bertz CT molecular complexity index is 1110. The number of nitrogens with one attached hydrogen (secondary N) is 1. The number of rotatable bonds is 6. The first-order valence-electron chi connectivity index (χ1n) is 11.1. The molecule has 2 aliphatic heterocycles. The summed E-state index contributed by atoms with van der Waals surface area (Å²) >= 11 is 1.40. The van der Waals surface area contributed by atoms with Crippen LogP contribution in [0.25, 0.3) is 0 Å². The number of carbonyl (C=O) groups is 4. The fourth-order valence-corrected chi connectivity index (χ4v) is 5.45. The lowest BCUT2D eigenvalue weighted by atomic mass is 10.0. The molecule has 0 atom stereocenters. The van der Waals surface area contributed by atoms with Gasteiger partial charge in [0.25, 0.3) is 5.91 Å². The normalized spacial score (nSPS) is 16.3. The third-order valence-electron chi connectivity index (χ3n) is 5.94. The molecule has 33 heavy (non-hydrogen) atoms. The van der Waals surface area contributed by atoms with Gasteiger partial charge in [0.15, 0.2) is 0 Å². The molecule has 0 bridgehead atoms. The largest absolute Gasteiger partial charge is 0.462 e. The van der Waals surface area contributed by atoms with Crippen molar-refractivity contribution >= 4 is 45.7 Å². The summed E-state index contributed by atoms with van der Waals surface area (Å²) < 4.78 is 5.29. The van der Waals surface area contributed by atoms with Gasteiger partial charge < -0.3 is 10.1 Å². The summed E-state index contributed by atoms with van der Waals surface area (Å²) in [5.41, 5.74) is 2.03. The van der Waals surface area contributed by atoms with Crippen LogP contribution in [0.15, 0.2) is 24.3 Å². The average molecular weight is 470 g/mol. The number of esters is 1. The fourth-order valence-electron chi connectivity index (χ4n) is 4.20. The van der Waals surface area contributed by atoms with Gasteiger partial charge >= 0.3 is 5.97 Å². The number of carbonyl (C=O) groups excluding carboxylic acids is 4. The van der Waals surface area contributed by atoms with Crippen LogP contribution in [-0.2, 0) is 27.3 Å². The summed E-state index contributed by atoms with van der Waals surface area (Å²) in [6, 6.07) is 6.78. The Morgan fingerprint density at radius 1 is 1.15 bits per heavy atom. The van der Waals surface area contributed by atoms with Crippen LogP contribution < -0.4 is 10.2 Å². The van der Waals surface area contributed by atoms with E-state index in [2.05, 4.69) is 24.1 Å². The lowest BCUT2D eigenvalue weighted by Gasteiger charge is -2.30. The maximum Gasteiger partial charge on any atom is 0.341 e. The van der Waals surface area contributed by atoms with Crippen molar-refractivity contribution in [2.75, 3.05) is 23.4 Å². The number of anilines is 2. The molecule has 1 aromatic carbocycles. The van der Waals surface area contributed by atoms with Crippen molar-refractivity contribution in [3.63, 3.8) is 0 Å². The molecule has 1 aromatic heterocycles. The van der Waals surface area contributed by atoms with Crippen molar-refractivity contribution < 1.29 is 23.9 Å². The highest BCUT2D eigenvalue weighted by molar-refractivity contribution is 7.17. The maximum absolute atomic E-state index is 13.1. The molecular weight excluding hydrogens is 442 g/mol. The average Bonchev–Trinajstić information content (AvgIpc) is 3.32. The molecule has 9 heteroatoms. The van der Waals surface area contributed by atoms with Crippen molar-refractivity contribution in [2.24, 2.45) is 0 Å². The Kier molecular flexibility index (Phi) is 6.62. The van der Waals surface area contributed by atoms with Crippen LogP contribution in [0.5, 0.6) is 0 Å². The first kappa shape index (κ1) is 23.1. The van der Waals surface area contributed by atoms with E-state index >= 15 is 0 Å². The molecule has 0 aliphatic carbocycles. The summed E-state index contributed by atoms with van der Waals surface area (Å²) in [5, 5.41) is 3.35. The topological polar surface area (TPSA) is 96.0 Å². The number of hydrogen-bond donors (Lipinski definition) is 1. The van der Waals surface area contributed by atoms with E-state index in [-0.39, 0.29) is 31.3 Å². The third kappa shape index (κ3) is 4.56. The van der Waals surface area contributed by atoms with Gasteiger partial charge in [-0.3, -0.25) is 24.2 Å². The van der Waals surface area contributed by atoms with E-state index in [0.29, 0.717) is 40.8 Å². The van der Waals surface area contributed by atoms with E-state index in [1.54, 1.807) is 25.1 Å². The van der Waals surface area contributed by atoms with Gasteiger partial charge in [0.05, 0.1) is 17.9 Å². The van der Waals surface area contributed by atoms with Crippen molar-refractivity contribution in [1.29, 1.82) is 0 Å². The Balaban J connectivity index is 1.63. The summed E-state index contributed by atoms with van der Waals surface area (Å²) in [6.07, 6.45) is 1.06. The highest BCUT2D eigenvalue weighted by atomic mass is 32.1. The molecule has 1 fully saturated rings. The van der Waals surface area contributed by atoms with E-state index in [1.807, 2.05) is 0 Å². The zero-order valence-electron chi connectivity index (χ0n) is 19.0. The van der Waals surface area contributed by atoms with Gasteiger partial charge in [-0.1, -0.05) is 6.07 Å². The highest BCUT2D eigenvalue weighted by Gasteiger charge is 2.32. The second kappa shape index (κ2) is 9.44. The molecule has 3 heterocycles. The molecule has 0 spiro atoms. The molecule has 0 radical (unpaired) electrons. The Morgan fingerprint density at radius 3 is 2.55 bits per heavy atom. The van der Waals surface area contributed by atoms with Crippen LogP contribution in [0, 0.1) is 0 Å². The van der Waals surface area contributed by atoms with Crippen LogP contribution in [0.4, 0.5) is 10.7 Å². The maximum atomic E-state index is 13.1. The van der Waals surface area contributed by atoms with Gasteiger partial charge in [-0.25, -0.2) is 4.79 Å². The zero-order valence-corrected chi connectivity index (χ0v) is 19.8. The second-order valence-electron chi connectivity index (χ2n) is 8.37. The molecule has 3 amide bonds. The van der Waals surface area contributed by atoms with Gasteiger partial charge in [-0.05, 0) is 51.0 Å². The number of nitrogens with zero attached hydrogens (tertiary/aromatic N) is 2. The predicted molar refractivity (Wildman–Crippen MR) is 126 cm³/mol. The van der Waals surface area contributed by atoms with Crippen LogP contribution in [-0.4, -0.2) is 47.8 Å². The number of fused-ring (bicyclic) bond motifs is 1. The van der Waals surface area contributed by atoms with Crippen molar-refractivity contribution in [1.82, 2.24) is 4.90 Å². The Hall–Kier alpha value is -3.04. The minimum atomic E-state index is -0.440. The standard InChI is InChI=1S/C24H27N3O5S/c1-4-32-24(31)21-17-10-11-26(14(2)3)13-18(17)33-23(21)25-22(30)15-6-5-7-16(12-15)27-19(28)8-9-20(27)29/h5-7,12,14H,4,8-11,13H2,1-3H3,(H,25,30). The van der Waals surface area contributed by atoms with Gasteiger partial charge in [-0.2, -0.15) is 0 Å². The Labute approximate surface area is 196 Å². The van der Waals surface area contributed by atoms with Crippen LogP contribution in [0.1, 0.15) is 64.8 Å². The number of thiophene rings is 1. The van der Waals surface area contributed by atoms with E-state index < -0.39 is 11.9 Å². The fraction of sp³-hybridized carbons (Fsp3) is 0.417. The molecule has 8 nitrogen and oxygen atoms in total. The molecule has 2 aliphatic rings. The van der Waals surface area contributed by atoms with E-state index in [4.69, 9.17) is 4.74 Å². The van der Waals surface area contributed by atoms with Gasteiger partial charge in [-0.15, -0.1) is 11.3 Å². The summed E-state index contributed by atoms with van der Waals surface area (Å²) in [6.45, 7) is 7.82. The van der Waals surface area contributed by atoms with E-state index in [0.717, 1.165) is 21.9 Å². The second-order valence-corrected chi connectivity index (χ2v) is 9.48. The molecule has 2 aromatic rings. The number of amides is 3. The molecule has 1 N–H and O–H groups in total. The van der Waals surface area contributed by atoms with Crippen molar-refractivity contribution in [3.8, 4) is 0 Å². The summed E-state index contributed by atoms with van der Waals surface area (Å²) in [7, 11) is 0. The number of hydrogen-bond acceptors (Lipinski definition) is 7. The molecule has 0 unspecified atom stereocenters. The van der Waals surface area contributed by atoms with Crippen molar-refractivity contribution in [3.05, 3.63) is 45.8 Å². The number of benzene rings is 1. The lowest BCUT2D eigenvalue weighted by molar-refractivity contribution is -0.121. The lowest BCUT2D eigenvalue weighted by Crippen LogP contribution is -2.35. The molecule has 0 saturated carbocycles. The van der Waals surface area contributed by atoms with Crippen LogP contribution in [0.3, 0.4) is 0 Å². The molecule has 1 saturated heterocycles. The highest BCUT2D eigenvalue weighted by Crippen LogP contribution is 2.38. The molecular formula is C24H27N3O5S.